The molecular formula is C13H15N3O2. The molecule has 2 aromatic heterocycles. The summed E-state index contributed by atoms with van der Waals surface area (Å²) in [6.07, 6.45) is 8.42. The molecule has 0 aliphatic carbocycles. The smallest absolute Gasteiger partial charge is 0.246 e. The average molecular weight is 245 g/mol. The number of hydrogen-bond donors (Lipinski definition) is 0. The van der Waals surface area contributed by atoms with E-state index in [1.165, 1.54) is 6.08 Å². The summed E-state index contributed by atoms with van der Waals surface area (Å²) < 4.78 is 6.88. The van der Waals surface area contributed by atoms with E-state index < -0.39 is 0 Å². The third kappa shape index (κ3) is 3.10. The molecule has 0 N–H and O–H groups in total. The van der Waals surface area contributed by atoms with E-state index in [-0.39, 0.29) is 5.91 Å². The van der Waals surface area contributed by atoms with E-state index in [0.29, 0.717) is 6.54 Å². The molecular weight excluding hydrogens is 230 g/mol. The second-order valence-corrected chi connectivity index (χ2v) is 4.05. The van der Waals surface area contributed by atoms with E-state index in [0.717, 1.165) is 11.3 Å². The molecule has 0 aliphatic heterocycles. The Kier molecular flexibility index (Phi) is 3.62. The van der Waals surface area contributed by atoms with Gasteiger partial charge in [-0.2, -0.15) is 5.10 Å². The number of aromatic nitrogens is 2. The second-order valence-electron chi connectivity index (χ2n) is 4.05. The zero-order valence-corrected chi connectivity index (χ0v) is 10.4. The number of hydrogen-bond acceptors (Lipinski definition) is 3. The maximum absolute atomic E-state index is 11.8. The van der Waals surface area contributed by atoms with Crippen molar-refractivity contribution in [1.82, 2.24) is 14.7 Å². The van der Waals surface area contributed by atoms with Crippen LogP contribution in [0.3, 0.4) is 0 Å². The van der Waals surface area contributed by atoms with E-state index in [1.54, 1.807) is 41.2 Å². The van der Waals surface area contributed by atoms with Gasteiger partial charge in [-0.05, 0) is 18.2 Å². The summed E-state index contributed by atoms with van der Waals surface area (Å²) >= 11 is 0. The molecule has 2 rings (SSSR count). The predicted molar refractivity (Wildman–Crippen MR) is 67.4 cm³/mol. The minimum absolute atomic E-state index is 0.0738. The van der Waals surface area contributed by atoms with Crippen molar-refractivity contribution in [2.24, 2.45) is 7.05 Å². The van der Waals surface area contributed by atoms with Gasteiger partial charge in [0.05, 0.1) is 19.0 Å². The zero-order chi connectivity index (χ0) is 13.0. The Balaban J connectivity index is 1.93. The highest BCUT2D eigenvalue weighted by molar-refractivity contribution is 5.91. The molecule has 0 spiro atoms. The van der Waals surface area contributed by atoms with E-state index in [9.17, 15) is 4.79 Å². The lowest BCUT2D eigenvalue weighted by atomic mass is 10.3. The standard InChI is InChI=1S/C13H15N3O2/c1-15(10-12-4-3-7-18-12)13(17)6-5-11-8-14-16(2)9-11/h3-9H,10H2,1-2H3/b6-5+. The first-order chi connectivity index (χ1) is 8.65. The number of amides is 1. The van der Waals surface area contributed by atoms with Crippen LogP contribution in [0, 0.1) is 0 Å². The lowest BCUT2D eigenvalue weighted by Crippen LogP contribution is -2.23. The summed E-state index contributed by atoms with van der Waals surface area (Å²) in [5.41, 5.74) is 0.900. The number of rotatable bonds is 4. The lowest BCUT2D eigenvalue weighted by molar-refractivity contribution is -0.125. The van der Waals surface area contributed by atoms with Crippen molar-refractivity contribution in [1.29, 1.82) is 0 Å². The number of furan rings is 1. The first-order valence-electron chi connectivity index (χ1n) is 5.59. The molecule has 0 bridgehead atoms. The van der Waals surface area contributed by atoms with Crippen LogP contribution < -0.4 is 0 Å². The summed E-state index contributed by atoms with van der Waals surface area (Å²) in [6.45, 7) is 0.462. The highest BCUT2D eigenvalue weighted by atomic mass is 16.3. The predicted octanol–water partition coefficient (Wildman–Crippen LogP) is 1.68. The van der Waals surface area contributed by atoms with Crippen molar-refractivity contribution < 1.29 is 9.21 Å². The molecule has 94 valence electrons. The number of aryl methyl sites for hydroxylation is 1. The van der Waals surface area contributed by atoms with Gasteiger partial charge in [-0.25, -0.2) is 0 Å². The third-order valence-corrected chi connectivity index (χ3v) is 2.49. The highest BCUT2D eigenvalue weighted by Crippen LogP contribution is 2.05. The van der Waals surface area contributed by atoms with Gasteiger partial charge in [0.1, 0.15) is 5.76 Å². The topological polar surface area (TPSA) is 51.3 Å². The van der Waals surface area contributed by atoms with E-state index in [1.807, 2.05) is 19.3 Å². The van der Waals surface area contributed by atoms with Crippen molar-refractivity contribution in [3.63, 3.8) is 0 Å². The van der Waals surface area contributed by atoms with Crippen molar-refractivity contribution in [2.45, 2.75) is 6.54 Å². The van der Waals surface area contributed by atoms with Gasteiger partial charge in [-0.15, -0.1) is 0 Å². The molecule has 0 atom stereocenters. The van der Waals surface area contributed by atoms with Crippen molar-refractivity contribution in [3.8, 4) is 0 Å². The fourth-order valence-electron chi connectivity index (χ4n) is 1.54. The van der Waals surface area contributed by atoms with Crippen LogP contribution in [0.1, 0.15) is 11.3 Å². The first-order valence-corrected chi connectivity index (χ1v) is 5.59. The minimum Gasteiger partial charge on any atom is -0.467 e. The summed E-state index contributed by atoms with van der Waals surface area (Å²) in [4.78, 5) is 13.4. The van der Waals surface area contributed by atoms with Crippen LogP contribution in [0.2, 0.25) is 0 Å². The Labute approximate surface area is 105 Å². The largest absolute Gasteiger partial charge is 0.467 e. The quantitative estimate of drug-likeness (QED) is 0.770. The van der Waals surface area contributed by atoms with Gasteiger partial charge in [0.15, 0.2) is 0 Å². The zero-order valence-electron chi connectivity index (χ0n) is 10.4. The van der Waals surface area contributed by atoms with Gasteiger partial charge >= 0.3 is 0 Å². The molecule has 2 heterocycles. The summed E-state index contributed by atoms with van der Waals surface area (Å²) in [5, 5.41) is 4.03. The molecule has 5 heteroatoms. The van der Waals surface area contributed by atoms with Gasteiger partial charge in [0, 0.05) is 31.9 Å². The molecule has 0 aromatic carbocycles. The third-order valence-electron chi connectivity index (χ3n) is 2.49. The Bertz CT molecular complexity index is 540. The molecule has 0 aliphatic rings. The van der Waals surface area contributed by atoms with Crippen LogP contribution in [0.25, 0.3) is 6.08 Å². The van der Waals surface area contributed by atoms with Crippen LogP contribution >= 0.6 is 0 Å². The Morgan fingerprint density at radius 2 is 2.44 bits per heavy atom. The summed E-state index contributed by atoms with van der Waals surface area (Å²) in [7, 11) is 3.57. The number of carbonyl (C=O) groups is 1. The molecule has 5 nitrogen and oxygen atoms in total. The molecule has 2 aromatic rings. The number of nitrogens with zero attached hydrogens (tertiary/aromatic N) is 3. The van der Waals surface area contributed by atoms with E-state index >= 15 is 0 Å². The maximum Gasteiger partial charge on any atom is 0.246 e. The van der Waals surface area contributed by atoms with Crippen LogP contribution in [-0.4, -0.2) is 27.6 Å². The Morgan fingerprint density at radius 3 is 3.06 bits per heavy atom. The number of likely N-dealkylation sites (N-methyl/N-ethyl adjacent to an activating group) is 1. The normalized spacial score (nSPS) is 11.0. The monoisotopic (exact) mass is 245 g/mol. The summed E-state index contributed by atoms with van der Waals surface area (Å²) in [5.74, 6) is 0.691. The molecule has 1 amide bonds. The van der Waals surface area contributed by atoms with Gasteiger partial charge in [0.2, 0.25) is 5.91 Å². The average Bonchev–Trinajstić information content (AvgIpc) is 2.97. The molecule has 0 unspecified atom stereocenters. The van der Waals surface area contributed by atoms with Crippen molar-refractivity contribution >= 4 is 12.0 Å². The van der Waals surface area contributed by atoms with E-state index in [2.05, 4.69) is 5.10 Å². The first kappa shape index (κ1) is 12.2. The van der Waals surface area contributed by atoms with E-state index in [4.69, 9.17) is 4.42 Å². The molecule has 0 radical (unpaired) electrons. The Hall–Kier alpha value is -2.30. The number of carbonyl (C=O) groups excluding carboxylic acids is 1. The van der Waals surface area contributed by atoms with Crippen LogP contribution in [0.15, 0.2) is 41.3 Å². The molecule has 0 saturated carbocycles. The van der Waals surface area contributed by atoms with Crippen molar-refractivity contribution in [3.05, 3.63) is 48.2 Å². The van der Waals surface area contributed by atoms with Gasteiger partial charge < -0.3 is 9.32 Å². The van der Waals surface area contributed by atoms with Gasteiger partial charge in [-0.1, -0.05) is 0 Å². The van der Waals surface area contributed by atoms with Crippen LogP contribution in [-0.2, 0) is 18.4 Å². The Morgan fingerprint density at radius 1 is 1.61 bits per heavy atom. The molecule has 0 saturated heterocycles. The minimum atomic E-state index is -0.0738. The highest BCUT2D eigenvalue weighted by Gasteiger charge is 2.07. The molecule has 18 heavy (non-hydrogen) atoms. The maximum atomic E-state index is 11.8. The summed E-state index contributed by atoms with van der Waals surface area (Å²) in [6, 6.07) is 3.65. The van der Waals surface area contributed by atoms with Crippen molar-refractivity contribution in [2.75, 3.05) is 7.05 Å². The fraction of sp³-hybridized carbons (Fsp3) is 0.231. The molecule has 0 fully saturated rings. The second kappa shape index (κ2) is 5.35. The lowest BCUT2D eigenvalue weighted by Gasteiger charge is -2.12. The van der Waals surface area contributed by atoms with Gasteiger partial charge in [-0.3, -0.25) is 9.48 Å². The van der Waals surface area contributed by atoms with Crippen LogP contribution in [0.5, 0.6) is 0 Å². The SMILES string of the molecule is CN(Cc1ccco1)C(=O)/C=C/c1cnn(C)c1. The fourth-order valence-corrected chi connectivity index (χ4v) is 1.54. The van der Waals surface area contributed by atoms with Gasteiger partial charge in [0.25, 0.3) is 0 Å². The van der Waals surface area contributed by atoms with Crippen LogP contribution in [0.4, 0.5) is 0 Å².